The highest BCUT2D eigenvalue weighted by atomic mass is 35.5. The van der Waals surface area contributed by atoms with E-state index >= 15 is 0 Å². The molecular weight excluding hydrogens is 193 g/mol. The summed E-state index contributed by atoms with van der Waals surface area (Å²) in [5.41, 5.74) is -1.08. The quantitative estimate of drug-likeness (QED) is 0.676. The summed E-state index contributed by atoms with van der Waals surface area (Å²) >= 11 is 5.34. The van der Waals surface area contributed by atoms with Crippen molar-refractivity contribution in [1.29, 1.82) is 0 Å². The van der Waals surface area contributed by atoms with Gasteiger partial charge in [-0.15, -0.1) is 0 Å². The number of aromatic hydroxyl groups is 1. The van der Waals surface area contributed by atoms with Crippen LogP contribution in [0.4, 0.5) is 13.2 Å². The highest BCUT2D eigenvalue weighted by molar-refractivity contribution is 6.30. The van der Waals surface area contributed by atoms with Gasteiger partial charge in [0.05, 0.1) is 5.56 Å². The van der Waals surface area contributed by atoms with Crippen molar-refractivity contribution >= 4 is 11.6 Å². The van der Waals surface area contributed by atoms with E-state index in [1.54, 1.807) is 0 Å². The number of alkyl halides is 3. The number of phenolic OH excluding ortho intramolecular Hbond substituents is 1. The van der Waals surface area contributed by atoms with Crippen LogP contribution in [-0.4, -0.2) is 5.11 Å². The van der Waals surface area contributed by atoms with Gasteiger partial charge in [-0.3, -0.25) is 0 Å². The van der Waals surface area contributed by atoms with E-state index < -0.39 is 17.5 Å². The van der Waals surface area contributed by atoms with E-state index in [4.69, 9.17) is 16.7 Å². The zero-order valence-corrected chi connectivity index (χ0v) is 6.45. The number of hydrogen-bond acceptors (Lipinski definition) is 1. The van der Waals surface area contributed by atoms with Gasteiger partial charge >= 0.3 is 6.18 Å². The topological polar surface area (TPSA) is 20.2 Å². The van der Waals surface area contributed by atoms with Crippen molar-refractivity contribution in [2.24, 2.45) is 0 Å². The zero-order chi connectivity index (χ0) is 9.35. The van der Waals surface area contributed by atoms with Gasteiger partial charge in [0, 0.05) is 5.02 Å². The Morgan fingerprint density at radius 1 is 1.25 bits per heavy atom. The van der Waals surface area contributed by atoms with Crippen LogP contribution in [0.2, 0.25) is 5.02 Å². The maximum absolute atomic E-state index is 12.0. The molecule has 0 aliphatic rings. The molecule has 0 amide bonds. The molecule has 12 heavy (non-hydrogen) atoms. The third kappa shape index (κ3) is 1.82. The first kappa shape index (κ1) is 9.19. The lowest BCUT2D eigenvalue weighted by Gasteiger charge is -2.07. The molecule has 0 aliphatic heterocycles. The van der Waals surface area contributed by atoms with E-state index in [2.05, 4.69) is 0 Å². The molecule has 0 spiro atoms. The Labute approximate surface area is 71.4 Å². The first-order valence-corrected chi connectivity index (χ1v) is 3.35. The van der Waals surface area contributed by atoms with Crippen molar-refractivity contribution in [3.63, 3.8) is 0 Å². The molecule has 0 bridgehead atoms. The van der Waals surface area contributed by atoms with E-state index in [0.29, 0.717) is 0 Å². The lowest BCUT2D eigenvalue weighted by atomic mass is 10.2. The summed E-state index contributed by atoms with van der Waals surface area (Å²) in [4.78, 5) is 0. The molecule has 1 N–H and O–H groups in total. The predicted molar refractivity (Wildman–Crippen MR) is 38.1 cm³/mol. The number of hydrogen-bond donors (Lipinski definition) is 1. The van der Waals surface area contributed by atoms with Gasteiger partial charge in [0.15, 0.2) is 0 Å². The fraction of sp³-hybridized carbons (Fsp3) is 0.143. The SMILES string of the molecule is Oc1cc(Cl)ccc1C(F)(F)F. The number of phenols is 1. The number of benzene rings is 1. The first-order valence-electron chi connectivity index (χ1n) is 2.97. The Bertz CT molecular complexity index is 295. The van der Waals surface area contributed by atoms with Crippen molar-refractivity contribution < 1.29 is 18.3 Å². The molecule has 5 heteroatoms. The standard InChI is InChI=1S/C7H4ClF3O/c8-4-1-2-5(6(12)3-4)7(9,10)11/h1-3,12H. The summed E-state index contributed by atoms with van der Waals surface area (Å²) in [6.45, 7) is 0. The van der Waals surface area contributed by atoms with Gasteiger partial charge in [0.1, 0.15) is 5.75 Å². The minimum absolute atomic E-state index is 0.0699. The summed E-state index contributed by atoms with van der Waals surface area (Å²) in [5.74, 6) is -0.852. The summed E-state index contributed by atoms with van der Waals surface area (Å²) in [6.07, 6.45) is -4.53. The molecule has 0 aromatic heterocycles. The van der Waals surface area contributed by atoms with E-state index in [-0.39, 0.29) is 5.02 Å². The average Bonchev–Trinajstić information content (AvgIpc) is 1.83. The Hall–Kier alpha value is -0.900. The average molecular weight is 197 g/mol. The van der Waals surface area contributed by atoms with E-state index in [1.165, 1.54) is 0 Å². The monoisotopic (exact) mass is 196 g/mol. The summed E-state index contributed by atoms with van der Waals surface area (Å²) < 4.78 is 35.9. The minimum atomic E-state index is -4.53. The summed E-state index contributed by atoms with van der Waals surface area (Å²) in [5, 5.41) is 8.89. The maximum atomic E-state index is 12.0. The van der Waals surface area contributed by atoms with E-state index in [1.807, 2.05) is 0 Å². The van der Waals surface area contributed by atoms with Gasteiger partial charge in [-0.25, -0.2) is 0 Å². The molecule has 0 saturated carbocycles. The Kier molecular flexibility index (Phi) is 2.19. The molecule has 1 rings (SSSR count). The van der Waals surface area contributed by atoms with Crippen molar-refractivity contribution in [1.82, 2.24) is 0 Å². The molecule has 66 valence electrons. The molecular formula is C7H4ClF3O. The van der Waals surface area contributed by atoms with Gasteiger partial charge in [-0.2, -0.15) is 13.2 Å². The third-order valence-corrected chi connectivity index (χ3v) is 1.50. The molecule has 0 fully saturated rings. The van der Waals surface area contributed by atoms with E-state index in [0.717, 1.165) is 18.2 Å². The molecule has 1 aromatic carbocycles. The van der Waals surface area contributed by atoms with Crippen LogP contribution in [0.15, 0.2) is 18.2 Å². The zero-order valence-electron chi connectivity index (χ0n) is 5.69. The molecule has 0 atom stereocenters. The largest absolute Gasteiger partial charge is 0.507 e. The molecule has 0 saturated heterocycles. The van der Waals surface area contributed by atoms with Crippen LogP contribution >= 0.6 is 11.6 Å². The predicted octanol–water partition coefficient (Wildman–Crippen LogP) is 3.06. The summed E-state index contributed by atoms with van der Waals surface area (Å²) in [7, 11) is 0. The second-order valence-electron chi connectivity index (χ2n) is 2.16. The molecule has 1 nitrogen and oxygen atoms in total. The second kappa shape index (κ2) is 2.86. The third-order valence-electron chi connectivity index (χ3n) is 1.27. The number of rotatable bonds is 0. The maximum Gasteiger partial charge on any atom is 0.419 e. The van der Waals surface area contributed by atoms with Crippen LogP contribution in [-0.2, 0) is 6.18 Å². The van der Waals surface area contributed by atoms with Crippen molar-refractivity contribution in [3.05, 3.63) is 28.8 Å². The number of halogens is 4. The van der Waals surface area contributed by atoms with Gasteiger partial charge in [0.2, 0.25) is 0 Å². The van der Waals surface area contributed by atoms with Gasteiger partial charge in [-0.1, -0.05) is 11.6 Å². The Morgan fingerprint density at radius 3 is 2.25 bits per heavy atom. The molecule has 0 aliphatic carbocycles. The van der Waals surface area contributed by atoms with Gasteiger partial charge in [0.25, 0.3) is 0 Å². The lowest BCUT2D eigenvalue weighted by Crippen LogP contribution is -2.04. The van der Waals surface area contributed by atoms with Crippen LogP contribution < -0.4 is 0 Å². The second-order valence-corrected chi connectivity index (χ2v) is 2.60. The van der Waals surface area contributed by atoms with Crippen LogP contribution in [0.5, 0.6) is 5.75 Å². The van der Waals surface area contributed by atoms with Crippen LogP contribution in [0.1, 0.15) is 5.56 Å². The Morgan fingerprint density at radius 2 is 1.83 bits per heavy atom. The highest BCUT2D eigenvalue weighted by Gasteiger charge is 2.33. The fourth-order valence-electron chi connectivity index (χ4n) is 0.745. The fourth-order valence-corrected chi connectivity index (χ4v) is 0.911. The van der Waals surface area contributed by atoms with Crippen molar-refractivity contribution in [2.45, 2.75) is 6.18 Å². The molecule has 0 radical (unpaired) electrons. The van der Waals surface area contributed by atoms with Crippen LogP contribution in [0.25, 0.3) is 0 Å². The highest BCUT2D eigenvalue weighted by Crippen LogP contribution is 2.36. The van der Waals surface area contributed by atoms with Crippen LogP contribution in [0.3, 0.4) is 0 Å². The first-order chi connectivity index (χ1) is 5.41. The smallest absolute Gasteiger partial charge is 0.419 e. The normalized spacial score (nSPS) is 11.7. The van der Waals surface area contributed by atoms with Gasteiger partial charge < -0.3 is 5.11 Å². The van der Waals surface area contributed by atoms with Gasteiger partial charge in [-0.05, 0) is 18.2 Å². The molecule has 0 heterocycles. The van der Waals surface area contributed by atoms with Crippen molar-refractivity contribution in [3.8, 4) is 5.75 Å². The molecule has 1 aromatic rings. The minimum Gasteiger partial charge on any atom is -0.507 e. The van der Waals surface area contributed by atoms with E-state index in [9.17, 15) is 13.2 Å². The van der Waals surface area contributed by atoms with Crippen LogP contribution in [0, 0.1) is 0 Å². The van der Waals surface area contributed by atoms with Crippen molar-refractivity contribution in [2.75, 3.05) is 0 Å². The summed E-state index contributed by atoms with van der Waals surface area (Å²) in [6, 6.07) is 2.66. The molecule has 0 unspecified atom stereocenters. The lowest BCUT2D eigenvalue weighted by molar-refractivity contribution is -0.138. The Balaban J connectivity index is 3.19.